The van der Waals surface area contributed by atoms with Gasteiger partial charge in [-0.2, -0.15) is 4.79 Å². The zero-order chi connectivity index (χ0) is 21.9. The minimum atomic E-state index is -2.03. The molecule has 0 N–H and O–H groups in total. The molecular formula is C21H34N2O4Si. The maximum Gasteiger partial charge on any atom is 0.441 e. The molecule has 0 fully saturated rings. The normalized spacial score (nSPS) is 20.3. The molecule has 6 nitrogen and oxygen atoms in total. The SMILES string of the molecule is C=C(C)[C@H]1CC(O[Si](C)(C)C(C)(C)C)=C(C)[C@H](CC(=O)C(=[N+]=[N-])C(=O)OC)C1. The van der Waals surface area contributed by atoms with Crippen LogP contribution in [0.4, 0.5) is 0 Å². The van der Waals surface area contributed by atoms with Crippen LogP contribution in [0.2, 0.25) is 18.1 Å². The molecule has 1 aliphatic carbocycles. The van der Waals surface area contributed by atoms with Gasteiger partial charge in [-0.1, -0.05) is 32.9 Å². The number of hydrogen-bond donors (Lipinski definition) is 0. The van der Waals surface area contributed by atoms with Crippen molar-refractivity contribution in [2.45, 2.75) is 72.0 Å². The summed E-state index contributed by atoms with van der Waals surface area (Å²) in [6.45, 7) is 19.0. The average molecular weight is 407 g/mol. The highest BCUT2D eigenvalue weighted by Gasteiger charge is 2.42. The van der Waals surface area contributed by atoms with Gasteiger partial charge in [0.2, 0.25) is 8.32 Å². The van der Waals surface area contributed by atoms with Gasteiger partial charge in [0, 0.05) is 12.8 Å². The van der Waals surface area contributed by atoms with Gasteiger partial charge in [0.1, 0.15) is 0 Å². The predicted octanol–water partition coefficient (Wildman–Crippen LogP) is 4.69. The highest BCUT2D eigenvalue weighted by Crippen LogP contribution is 2.44. The predicted molar refractivity (Wildman–Crippen MR) is 112 cm³/mol. The zero-order valence-corrected chi connectivity index (χ0v) is 19.5. The van der Waals surface area contributed by atoms with E-state index in [2.05, 4.69) is 50.0 Å². The molecule has 7 heteroatoms. The highest BCUT2D eigenvalue weighted by molar-refractivity contribution is 6.74. The Kier molecular flexibility index (Phi) is 7.74. The van der Waals surface area contributed by atoms with Crippen LogP contribution in [0.25, 0.3) is 5.53 Å². The first-order chi connectivity index (χ1) is 12.7. The molecule has 2 atom stereocenters. The Morgan fingerprint density at radius 2 is 1.89 bits per heavy atom. The van der Waals surface area contributed by atoms with Crippen molar-refractivity contribution >= 4 is 25.8 Å². The minimum absolute atomic E-state index is 0.0589. The monoisotopic (exact) mass is 406 g/mol. The van der Waals surface area contributed by atoms with Crippen molar-refractivity contribution in [3.8, 4) is 0 Å². The standard InChI is InChI=1S/C21H34N2O4Si/c1-13(2)15-10-16(11-17(24)19(23-22)20(25)26-7)14(3)18(12-15)27-28(8,9)21(4,5)6/h15-16H,1,10-12H2,2-9H3/t15-,16+/m1/s1. The Hall–Kier alpha value is -1.98. The number of hydrogen-bond acceptors (Lipinski definition) is 4. The number of methoxy groups -OCH3 is 1. The van der Waals surface area contributed by atoms with E-state index in [9.17, 15) is 9.59 Å². The van der Waals surface area contributed by atoms with Crippen LogP contribution in [-0.4, -0.2) is 37.7 Å². The molecule has 1 rings (SSSR count). The van der Waals surface area contributed by atoms with E-state index in [4.69, 9.17) is 9.96 Å². The van der Waals surface area contributed by atoms with Crippen LogP contribution in [0.3, 0.4) is 0 Å². The number of rotatable bonds is 7. The van der Waals surface area contributed by atoms with Gasteiger partial charge < -0.3 is 14.7 Å². The summed E-state index contributed by atoms with van der Waals surface area (Å²) in [5.74, 6) is -0.436. The third-order valence-electron chi connectivity index (χ3n) is 6.11. The second-order valence-electron chi connectivity index (χ2n) is 9.22. The largest absolute Gasteiger partial charge is 0.547 e. The van der Waals surface area contributed by atoms with Gasteiger partial charge in [0.05, 0.1) is 12.9 Å². The molecule has 0 aromatic rings. The molecule has 0 aromatic carbocycles. The number of allylic oxidation sites excluding steroid dienone is 3. The first-order valence-corrected chi connectivity index (χ1v) is 12.5. The van der Waals surface area contributed by atoms with Crippen molar-refractivity contribution in [2.75, 3.05) is 7.11 Å². The Bertz CT molecular complexity index is 740. The van der Waals surface area contributed by atoms with Crippen LogP contribution in [0.1, 0.15) is 53.9 Å². The molecular weight excluding hydrogens is 372 g/mol. The van der Waals surface area contributed by atoms with Gasteiger partial charge in [0.25, 0.3) is 5.78 Å². The van der Waals surface area contributed by atoms with E-state index in [0.717, 1.165) is 36.9 Å². The van der Waals surface area contributed by atoms with E-state index in [1.54, 1.807) is 0 Å². The van der Waals surface area contributed by atoms with Crippen molar-refractivity contribution in [1.82, 2.24) is 0 Å². The molecule has 0 saturated heterocycles. The molecule has 0 aromatic heterocycles. The number of carbonyl (C=O) groups is 2. The molecule has 0 bridgehead atoms. The van der Waals surface area contributed by atoms with Crippen molar-refractivity contribution < 1.29 is 23.5 Å². The summed E-state index contributed by atoms with van der Waals surface area (Å²) in [7, 11) is -0.883. The van der Waals surface area contributed by atoms with Crippen molar-refractivity contribution in [2.24, 2.45) is 11.8 Å². The second-order valence-corrected chi connectivity index (χ2v) is 13.9. The number of ketones is 1. The summed E-state index contributed by atoms with van der Waals surface area (Å²) in [4.78, 5) is 27.1. The maximum atomic E-state index is 12.5. The lowest BCUT2D eigenvalue weighted by Crippen LogP contribution is -2.41. The second kappa shape index (κ2) is 9.01. The molecule has 0 unspecified atom stereocenters. The fraction of sp³-hybridized carbons (Fsp3) is 0.667. The summed E-state index contributed by atoms with van der Waals surface area (Å²) in [6.07, 6.45) is 1.59. The fourth-order valence-corrected chi connectivity index (χ4v) is 4.21. The molecule has 0 spiro atoms. The average Bonchev–Trinajstić information content (AvgIpc) is 2.57. The Labute approximate surface area is 169 Å². The topological polar surface area (TPSA) is 89.0 Å². The number of carbonyl (C=O) groups excluding carboxylic acids is 2. The first-order valence-electron chi connectivity index (χ1n) is 9.62. The number of nitrogens with zero attached hydrogens (tertiary/aromatic N) is 2. The summed E-state index contributed by atoms with van der Waals surface area (Å²) < 4.78 is 11.1. The lowest BCUT2D eigenvalue weighted by molar-refractivity contribution is -0.139. The molecule has 0 radical (unpaired) electrons. The van der Waals surface area contributed by atoms with E-state index >= 15 is 0 Å². The fourth-order valence-electron chi connectivity index (χ4n) is 3.04. The smallest absolute Gasteiger partial charge is 0.441 e. The van der Waals surface area contributed by atoms with Crippen molar-refractivity contribution in [3.63, 3.8) is 0 Å². The van der Waals surface area contributed by atoms with Crippen LogP contribution in [-0.2, 0) is 18.8 Å². The molecule has 0 aliphatic heterocycles. The maximum absolute atomic E-state index is 12.5. The van der Waals surface area contributed by atoms with Gasteiger partial charge in [0.15, 0.2) is 0 Å². The summed E-state index contributed by atoms with van der Waals surface area (Å²) in [5, 5.41) is 0.0589. The minimum Gasteiger partial charge on any atom is -0.547 e. The van der Waals surface area contributed by atoms with Gasteiger partial charge in [-0.15, -0.1) is 0 Å². The number of esters is 1. The molecule has 28 heavy (non-hydrogen) atoms. The first kappa shape index (κ1) is 24.1. The van der Waals surface area contributed by atoms with Crippen molar-refractivity contribution in [3.05, 3.63) is 29.0 Å². The highest BCUT2D eigenvalue weighted by atomic mass is 28.4. The van der Waals surface area contributed by atoms with Gasteiger partial charge in [-0.05, 0) is 55.8 Å². The van der Waals surface area contributed by atoms with Crippen LogP contribution in [0, 0.1) is 11.8 Å². The van der Waals surface area contributed by atoms with E-state index in [0.29, 0.717) is 0 Å². The lowest BCUT2D eigenvalue weighted by atomic mass is 9.75. The zero-order valence-electron chi connectivity index (χ0n) is 18.5. The molecule has 1 aliphatic rings. The van der Waals surface area contributed by atoms with Crippen LogP contribution in [0.5, 0.6) is 0 Å². The Morgan fingerprint density at radius 3 is 2.32 bits per heavy atom. The Balaban J connectivity index is 3.22. The van der Waals surface area contributed by atoms with E-state index < -0.39 is 25.8 Å². The van der Waals surface area contributed by atoms with E-state index in [1.807, 2.05) is 13.8 Å². The molecule has 0 amide bonds. The van der Waals surface area contributed by atoms with E-state index in [-0.39, 0.29) is 23.3 Å². The summed E-state index contributed by atoms with van der Waals surface area (Å²) >= 11 is 0. The molecule has 156 valence electrons. The third kappa shape index (κ3) is 5.52. The summed E-state index contributed by atoms with van der Waals surface area (Å²) in [6, 6.07) is 0. The van der Waals surface area contributed by atoms with Crippen molar-refractivity contribution in [1.29, 1.82) is 0 Å². The van der Waals surface area contributed by atoms with Crippen LogP contribution in [0.15, 0.2) is 23.5 Å². The molecule has 0 saturated carbocycles. The van der Waals surface area contributed by atoms with E-state index in [1.165, 1.54) is 0 Å². The number of Topliss-reactive ketones (excluding diaryl/α,β-unsaturated/α-hetero) is 1. The Morgan fingerprint density at radius 1 is 1.32 bits per heavy atom. The van der Waals surface area contributed by atoms with Gasteiger partial charge in [-0.3, -0.25) is 4.79 Å². The third-order valence-corrected chi connectivity index (χ3v) is 10.5. The van der Waals surface area contributed by atoms with Crippen LogP contribution < -0.4 is 0 Å². The summed E-state index contributed by atoms with van der Waals surface area (Å²) in [5.41, 5.74) is 10.6. The molecule has 0 heterocycles. The van der Waals surface area contributed by atoms with Gasteiger partial charge in [-0.25, -0.2) is 4.79 Å². The van der Waals surface area contributed by atoms with Crippen LogP contribution >= 0.6 is 0 Å². The number of ether oxygens (including phenoxy) is 1. The quantitative estimate of drug-likeness (QED) is 0.117. The lowest BCUT2D eigenvalue weighted by Gasteiger charge is -2.41. The van der Waals surface area contributed by atoms with Gasteiger partial charge >= 0.3 is 11.7 Å².